The lowest BCUT2D eigenvalue weighted by Gasteiger charge is -2.40. The number of non-ortho nitro benzene ring substituents is 1. The van der Waals surface area contributed by atoms with Gasteiger partial charge in [0.2, 0.25) is 5.91 Å². The van der Waals surface area contributed by atoms with Gasteiger partial charge in [0.05, 0.1) is 11.3 Å². The number of Topliss-reactive ketones (excluding diaryl/α,β-unsaturated/α-hetero) is 1. The molecule has 11 heteroatoms. The first-order chi connectivity index (χ1) is 12.9. The number of imide groups is 1. The third-order valence-electron chi connectivity index (χ3n) is 5.75. The maximum absolute atomic E-state index is 12.9. The topological polar surface area (TPSA) is 133 Å². The number of likely N-dealkylation sites (N-methyl/N-ethyl adjacent to an activating group) is 2. The minimum atomic E-state index is -1.38. The number of rotatable bonds is 4. The van der Waals surface area contributed by atoms with E-state index >= 15 is 0 Å². The molecule has 0 unspecified atom stereocenters. The van der Waals surface area contributed by atoms with Gasteiger partial charge in [-0.05, 0) is 13.8 Å². The number of nitrogens with one attached hydrogen (secondary N) is 1. The van der Waals surface area contributed by atoms with Crippen LogP contribution in [0.3, 0.4) is 0 Å². The number of fused-ring (bicyclic) bond motifs is 1. The van der Waals surface area contributed by atoms with Crippen LogP contribution < -0.4 is 5.32 Å². The molecule has 0 saturated carbocycles. The van der Waals surface area contributed by atoms with Gasteiger partial charge in [0.1, 0.15) is 0 Å². The fourth-order valence-electron chi connectivity index (χ4n) is 3.75. The van der Waals surface area contributed by atoms with Crippen LogP contribution in [0.5, 0.6) is 0 Å². The molecule has 0 bridgehead atoms. The summed E-state index contributed by atoms with van der Waals surface area (Å²) in [5, 5.41) is 13.5. The Hall–Kier alpha value is -3.50. The quantitative estimate of drug-likeness (QED) is 0.355. The van der Waals surface area contributed by atoms with Crippen molar-refractivity contribution in [2.24, 2.45) is 0 Å². The van der Waals surface area contributed by atoms with Crippen molar-refractivity contribution in [2.75, 3.05) is 14.1 Å². The predicted molar refractivity (Wildman–Crippen MR) is 95.2 cm³/mol. The predicted octanol–water partition coefficient (Wildman–Crippen LogP) is 1.15. The van der Waals surface area contributed by atoms with Crippen molar-refractivity contribution in [2.45, 2.75) is 31.6 Å². The summed E-state index contributed by atoms with van der Waals surface area (Å²) in [4.78, 5) is 63.9. The fraction of sp³-hybridized carbons (Fsp3) is 0.412. The normalized spacial score (nSPS) is 26.4. The lowest BCUT2D eigenvalue weighted by atomic mass is 9.96. The van der Waals surface area contributed by atoms with Crippen LogP contribution in [0.15, 0.2) is 24.3 Å². The van der Waals surface area contributed by atoms with Crippen LogP contribution in [0, 0.1) is 10.1 Å². The van der Waals surface area contributed by atoms with E-state index in [0.717, 1.165) is 11.0 Å². The molecule has 0 aliphatic carbocycles. The second-order valence-corrected chi connectivity index (χ2v) is 7.06. The molecule has 2 aliphatic rings. The Morgan fingerprint density at radius 1 is 1.18 bits per heavy atom. The lowest BCUT2D eigenvalue weighted by molar-refractivity contribution is -0.384. The molecule has 1 N–H and O–H groups in total. The fourth-order valence-corrected chi connectivity index (χ4v) is 3.75. The largest absolute Gasteiger partial charge is 0.330 e. The van der Waals surface area contributed by atoms with Gasteiger partial charge >= 0.3 is 12.1 Å². The molecule has 0 spiro atoms. The molecular formula is C17H19N5O6. The molecule has 0 radical (unpaired) electrons. The number of hydrogen-bond donors (Lipinski definition) is 1. The Morgan fingerprint density at radius 3 is 2.43 bits per heavy atom. The van der Waals surface area contributed by atoms with Crippen LogP contribution in [0.25, 0.3) is 0 Å². The molecule has 2 heterocycles. The summed E-state index contributed by atoms with van der Waals surface area (Å²) in [7, 11) is 2.97. The van der Waals surface area contributed by atoms with Gasteiger partial charge in [-0.25, -0.2) is 14.5 Å². The number of carbonyl (C=O) groups is 4. The van der Waals surface area contributed by atoms with Crippen molar-refractivity contribution in [3.63, 3.8) is 0 Å². The lowest BCUT2D eigenvalue weighted by Crippen LogP contribution is -2.64. The van der Waals surface area contributed by atoms with Gasteiger partial charge in [-0.2, -0.15) is 0 Å². The molecule has 2 atom stereocenters. The number of hydrogen-bond acceptors (Lipinski definition) is 6. The Morgan fingerprint density at radius 2 is 1.82 bits per heavy atom. The SMILES string of the molecule is CN1C(=O)N[C@]2(C)N(C(=O)CC(=O)c3cccc([N+](=O)[O-])c3)C(=O)N(C)[C@]12C. The maximum atomic E-state index is 12.9. The van der Waals surface area contributed by atoms with Gasteiger partial charge in [-0.1, -0.05) is 12.1 Å². The maximum Gasteiger partial charge on any atom is 0.330 e. The van der Waals surface area contributed by atoms with E-state index in [1.807, 2.05) is 0 Å². The molecule has 28 heavy (non-hydrogen) atoms. The number of ketones is 1. The Bertz CT molecular complexity index is 932. The minimum absolute atomic E-state index is 0.0111. The highest BCUT2D eigenvalue weighted by Gasteiger charge is 2.70. The Labute approximate surface area is 160 Å². The van der Waals surface area contributed by atoms with E-state index in [-0.39, 0.29) is 11.3 Å². The monoisotopic (exact) mass is 389 g/mol. The number of nitrogens with zero attached hydrogens (tertiary/aromatic N) is 4. The number of urea groups is 2. The minimum Gasteiger partial charge on any atom is -0.311 e. The van der Waals surface area contributed by atoms with Gasteiger partial charge in [-0.3, -0.25) is 19.7 Å². The third-order valence-corrected chi connectivity index (χ3v) is 5.75. The number of carbonyl (C=O) groups excluding carboxylic acids is 4. The van der Waals surface area contributed by atoms with Gasteiger partial charge in [0, 0.05) is 31.8 Å². The van der Waals surface area contributed by atoms with Gasteiger partial charge in [-0.15, -0.1) is 0 Å². The van der Waals surface area contributed by atoms with Crippen molar-refractivity contribution in [1.29, 1.82) is 0 Å². The molecule has 5 amide bonds. The first-order valence-electron chi connectivity index (χ1n) is 8.39. The summed E-state index contributed by atoms with van der Waals surface area (Å²) in [5.41, 5.74) is -2.82. The van der Waals surface area contributed by atoms with E-state index in [2.05, 4.69) is 5.32 Å². The van der Waals surface area contributed by atoms with Crippen LogP contribution >= 0.6 is 0 Å². The average molecular weight is 389 g/mol. The number of benzene rings is 1. The summed E-state index contributed by atoms with van der Waals surface area (Å²) in [6.07, 6.45) is -0.675. The Kier molecular flexibility index (Phi) is 4.13. The zero-order valence-corrected chi connectivity index (χ0v) is 15.8. The third kappa shape index (κ3) is 2.35. The molecule has 148 valence electrons. The van der Waals surface area contributed by atoms with Crippen molar-refractivity contribution in [3.05, 3.63) is 39.9 Å². The van der Waals surface area contributed by atoms with E-state index < -0.39 is 46.4 Å². The van der Waals surface area contributed by atoms with Crippen molar-refractivity contribution in [1.82, 2.24) is 20.0 Å². The highest BCUT2D eigenvalue weighted by Crippen LogP contribution is 2.44. The second-order valence-electron chi connectivity index (χ2n) is 7.06. The molecule has 1 aromatic carbocycles. The molecule has 2 fully saturated rings. The van der Waals surface area contributed by atoms with E-state index in [4.69, 9.17) is 0 Å². The summed E-state index contributed by atoms with van der Waals surface area (Å²) in [6, 6.07) is 3.88. The highest BCUT2D eigenvalue weighted by atomic mass is 16.6. The molecule has 3 rings (SSSR count). The molecular weight excluding hydrogens is 370 g/mol. The zero-order chi connectivity index (χ0) is 21.0. The van der Waals surface area contributed by atoms with E-state index in [1.54, 1.807) is 6.92 Å². The van der Waals surface area contributed by atoms with Crippen LogP contribution in [-0.4, -0.2) is 68.8 Å². The zero-order valence-electron chi connectivity index (χ0n) is 15.8. The van der Waals surface area contributed by atoms with Crippen LogP contribution in [0.4, 0.5) is 15.3 Å². The van der Waals surface area contributed by atoms with Gasteiger partial charge < -0.3 is 15.1 Å². The summed E-state index contributed by atoms with van der Waals surface area (Å²) in [5.74, 6) is -1.48. The highest BCUT2D eigenvalue weighted by molar-refractivity contribution is 6.12. The van der Waals surface area contributed by atoms with E-state index in [1.165, 1.54) is 49.0 Å². The smallest absolute Gasteiger partial charge is 0.311 e. The molecule has 1 aromatic rings. The van der Waals surface area contributed by atoms with Crippen LogP contribution in [0.1, 0.15) is 30.6 Å². The number of amides is 5. The second kappa shape index (κ2) is 6.01. The van der Waals surface area contributed by atoms with Crippen LogP contribution in [0.2, 0.25) is 0 Å². The molecule has 0 aromatic heterocycles. The van der Waals surface area contributed by atoms with E-state index in [9.17, 15) is 29.3 Å². The molecule has 11 nitrogen and oxygen atoms in total. The summed E-state index contributed by atoms with van der Waals surface area (Å²) < 4.78 is 0. The first-order valence-corrected chi connectivity index (χ1v) is 8.39. The van der Waals surface area contributed by atoms with Crippen molar-refractivity contribution < 1.29 is 24.1 Å². The summed E-state index contributed by atoms with van der Waals surface area (Å²) in [6.45, 7) is 3.17. The van der Waals surface area contributed by atoms with Crippen molar-refractivity contribution in [3.8, 4) is 0 Å². The number of nitro groups is 1. The molecule has 2 aliphatic heterocycles. The van der Waals surface area contributed by atoms with Gasteiger partial charge in [0.25, 0.3) is 5.69 Å². The van der Waals surface area contributed by atoms with E-state index in [0.29, 0.717) is 0 Å². The van der Waals surface area contributed by atoms with Crippen molar-refractivity contribution >= 4 is 29.4 Å². The van der Waals surface area contributed by atoms with Crippen LogP contribution in [-0.2, 0) is 4.79 Å². The molecule has 2 saturated heterocycles. The summed E-state index contributed by atoms with van der Waals surface area (Å²) >= 11 is 0. The first kappa shape index (κ1) is 19.3. The Balaban J connectivity index is 1.89. The number of nitro benzene ring substituents is 1. The van der Waals surface area contributed by atoms with Gasteiger partial charge in [0.15, 0.2) is 17.1 Å². The average Bonchev–Trinajstić information content (AvgIpc) is 2.90. The standard InChI is InChI=1S/C17H19N5O6/c1-16-17(2,19(3)14(25)18-16)20(4)15(26)21(16)13(24)9-12(23)10-6-5-7-11(8-10)22(27)28/h5-8H,9H2,1-4H3,(H,18,25)/t16-,17+/m1/s1.